The third kappa shape index (κ3) is 6.17. The molecule has 1 amide bonds. The summed E-state index contributed by atoms with van der Waals surface area (Å²) < 4.78 is 24.2. The largest absolute Gasteiger partial charge is 0.388 e. The fourth-order valence-corrected chi connectivity index (χ4v) is 2.87. The van der Waals surface area contributed by atoms with Crippen molar-refractivity contribution in [2.45, 2.75) is 24.9 Å². The highest BCUT2D eigenvalue weighted by molar-refractivity contribution is 7.88. The molecular formula is C12H25N3O4S. The number of sulfonamides is 1. The van der Waals surface area contributed by atoms with Gasteiger partial charge >= 0.3 is 0 Å². The Bertz CT molecular complexity index is 438. The van der Waals surface area contributed by atoms with Crippen LogP contribution in [0, 0.1) is 0 Å². The number of nitrogens with one attached hydrogen (secondary N) is 1. The molecule has 1 aliphatic heterocycles. The third-order valence-electron chi connectivity index (χ3n) is 3.37. The molecule has 1 fully saturated rings. The number of carbonyl (C=O) groups excluding carboxylic acids is 1. The van der Waals surface area contributed by atoms with Crippen molar-refractivity contribution in [3.63, 3.8) is 0 Å². The Morgan fingerprint density at radius 1 is 1.35 bits per heavy atom. The number of hydrogen-bond acceptors (Lipinski definition) is 5. The molecule has 8 heteroatoms. The number of hydrogen-bond donors (Lipinski definition) is 2. The van der Waals surface area contributed by atoms with E-state index in [1.807, 2.05) is 19.0 Å². The normalized spacial score (nSPS) is 24.8. The van der Waals surface area contributed by atoms with Crippen LogP contribution in [0.3, 0.4) is 0 Å². The monoisotopic (exact) mass is 307 g/mol. The lowest BCUT2D eigenvalue weighted by molar-refractivity contribution is -0.130. The molecule has 0 aliphatic carbocycles. The topological polar surface area (TPSA) is 89.9 Å². The number of aliphatic hydroxyl groups is 1. The second-order valence-corrected chi connectivity index (χ2v) is 7.62. The summed E-state index contributed by atoms with van der Waals surface area (Å²) in [5.41, 5.74) is -0.775. The van der Waals surface area contributed by atoms with E-state index in [4.69, 9.17) is 0 Å². The van der Waals surface area contributed by atoms with Crippen LogP contribution in [0.4, 0.5) is 0 Å². The fourth-order valence-electron chi connectivity index (χ4n) is 2.48. The molecule has 20 heavy (non-hydrogen) atoms. The molecule has 1 saturated heterocycles. The van der Waals surface area contributed by atoms with Crippen LogP contribution in [0.15, 0.2) is 0 Å². The fraction of sp³-hybridized carbons (Fsp3) is 0.917. The van der Waals surface area contributed by atoms with E-state index in [1.165, 1.54) is 0 Å². The van der Waals surface area contributed by atoms with E-state index < -0.39 is 15.6 Å². The molecule has 2 N–H and O–H groups in total. The molecule has 7 nitrogen and oxygen atoms in total. The van der Waals surface area contributed by atoms with E-state index >= 15 is 0 Å². The molecule has 0 unspecified atom stereocenters. The molecule has 0 aromatic heterocycles. The zero-order chi connectivity index (χ0) is 15.4. The lowest BCUT2D eigenvalue weighted by Gasteiger charge is -2.29. The maximum absolute atomic E-state index is 11.9. The van der Waals surface area contributed by atoms with Crippen LogP contribution in [0.5, 0.6) is 0 Å². The van der Waals surface area contributed by atoms with E-state index in [0.29, 0.717) is 32.5 Å². The van der Waals surface area contributed by atoms with Crippen molar-refractivity contribution in [2.24, 2.45) is 0 Å². The number of rotatable bonds is 5. The highest BCUT2D eigenvalue weighted by Crippen LogP contribution is 2.23. The molecule has 0 aromatic rings. The van der Waals surface area contributed by atoms with Gasteiger partial charge in [0.2, 0.25) is 15.9 Å². The van der Waals surface area contributed by atoms with Crippen LogP contribution < -0.4 is 4.72 Å². The number of likely N-dealkylation sites (N-methyl/N-ethyl adjacent to an activating group) is 1. The molecule has 0 spiro atoms. The number of likely N-dealkylation sites (tertiary alicyclic amines) is 1. The molecule has 1 aliphatic rings. The minimum absolute atomic E-state index is 0.217. The van der Waals surface area contributed by atoms with Gasteiger partial charge in [-0.25, -0.2) is 13.1 Å². The summed E-state index contributed by atoms with van der Waals surface area (Å²) in [5.74, 6) is -0.246. The molecule has 0 bridgehead atoms. The summed E-state index contributed by atoms with van der Waals surface area (Å²) in [6, 6.07) is 0. The van der Waals surface area contributed by atoms with Crippen molar-refractivity contribution >= 4 is 15.9 Å². The number of carbonyl (C=O) groups is 1. The van der Waals surface area contributed by atoms with Crippen LogP contribution in [0.25, 0.3) is 0 Å². The predicted octanol–water partition coefficient (Wildman–Crippen LogP) is -1.16. The predicted molar refractivity (Wildman–Crippen MR) is 76.8 cm³/mol. The lowest BCUT2D eigenvalue weighted by Crippen LogP contribution is -2.43. The van der Waals surface area contributed by atoms with Gasteiger partial charge in [0.25, 0.3) is 0 Å². The second-order valence-electron chi connectivity index (χ2n) is 5.79. The standard InChI is InChI=1S/C12H25N3O4S/c1-14(2)10-12(17)5-4-7-15(8-6-12)11(16)9-13-20(3,18)19/h13,17H,4-10H2,1-3H3/t12-/m0/s1. The van der Waals surface area contributed by atoms with Gasteiger partial charge in [0, 0.05) is 19.6 Å². The van der Waals surface area contributed by atoms with Gasteiger partial charge in [-0.05, 0) is 33.4 Å². The highest BCUT2D eigenvalue weighted by atomic mass is 32.2. The molecule has 1 heterocycles. The van der Waals surface area contributed by atoms with E-state index in [2.05, 4.69) is 4.72 Å². The van der Waals surface area contributed by atoms with Crippen molar-refractivity contribution in [3.05, 3.63) is 0 Å². The maximum Gasteiger partial charge on any atom is 0.237 e. The Morgan fingerprint density at radius 3 is 2.55 bits per heavy atom. The second kappa shape index (κ2) is 6.84. The molecule has 0 aromatic carbocycles. The van der Waals surface area contributed by atoms with E-state index in [9.17, 15) is 18.3 Å². The van der Waals surface area contributed by atoms with Gasteiger partial charge in [-0.15, -0.1) is 0 Å². The van der Waals surface area contributed by atoms with Crippen LogP contribution >= 0.6 is 0 Å². The molecular weight excluding hydrogens is 282 g/mol. The zero-order valence-electron chi connectivity index (χ0n) is 12.4. The summed E-state index contributed by atoms with van der Waals surface area (Å²) in [6.45, 7) is 1.36. The average Bonchev–Trinajstić information content (AvgIpc) is 2.46. The molecule has 0 radical (unpaired) electrons. The summed E-state index contributed by atoms with van der Waals surface area (Å²) in [4.78, 5) is 15.5. The summed E-state index contributed by atoms with van der Waals surface area (Å²) in [7, 11) is 0.450. The Morgan fingerprint density at radius 2 is 2.00 bits per heavy atom. The smallest absolute Gasteiger partial charge is 0.237 e. The Hall–Kier alpha value is -0.700. The molecule has 118 valence electrons. The Balaban J connectivity index is 2.53. The summed E-state index contributed by atoms with van der Waals surface area (Å²) >= 11 is 0. The lowest BCUT2D eigenvalue weighted by atomic mass is 9.94. The highest BCUT2D eigenvalue weighted by Gasteiger charge is 2.31. The quantitative estimate of drug-likeness (QED) is 0.669. The number of amides is 1. The SMILES string of the molecule is CN(C)C[C@]1(O)CCCN(C(=O)CNS(C)(=O)=O)CC1. The minimum Gasteiger partial charge on any atom is -0.388 e. The van der Waals surface area contributed by atoms with Crippen LogP contribution in [0.1, 0.15) is 19.3 Å². The van der Waals surface area contributed by atoms with E-state index in [1.54, 1.807) is 4.90 Å². The molecule has 1 atom stereocenters. The van der Waals surface area contributed by atoms with Gasteiger partial charge < -0.3 is 14.9 Å². The molecule has 1 rings (SSSR count). The van der Waals surface area contributed by atoms with Crippen LogP contribution in [0.2, 0.25) is 0 Å². The van der Waals surface area contributed by atoms with Gasteiger partial charge in [0.1, 0.15) is 0 Å². The van der Waals surface area contributed by atoms with Gasteiger partial charge in [0.15, 0.2) is 0 Å². The third-order valence-corrected chi connectivity index (χ3v) is 4.03. The molecule has 0 saturated carbocycles. The maximum atomic E-state index is 11.9. The Kier molecular flexibility index (Phi) is 5.93. The first-order chi connectivity index (χ1) is 9.11. The Labute approximate surface area is 121 Å². The first kappa shape index (κ1) is 17.4. The van der Waals surface area contributed by atoms with E-state index in [0.717, 1.165) is 12.7 Å². The summed E-state index contributed by atoms with van der Waals surface area (Å²) in [5, 5.41) is 10.5. The van der Waals surface area contributed by atoms with Crippen molar-refractivity contribution in [3.8, 4) is 0 Å². The van der Waals surface area contributed by atoms with Crippen LogP contribution in [-0.4, -0.2) is 81.4 Å². The van der Waals surface area contributed by atoms with Crippen molar-refractivity contribution in [1.82, 2.24) is 14.5 Å². The van der Waals surface area contributed by atoms with Crippen molar-refractivity contribution < 1.29 is 18.3 Å². The van der Waals surface area contributed by atoms with Gasteiger partial charge in [-0.2, -0.15) is 0 Å². The number of nitrogens with zero attached hydrogens (tertiary/aromatic N) is 2. The van der Waals surface area contributed by atoms with Gasteiger partial charge in [-0.1, -0.05) is 0 Å². The zero-order valence-corrected chi connectivity index (χ0v) is 13.2. The average molecular weight is 307 g/mol. The first-order valence-electron chi connectivity index (χ1n) is 6.71. The van der Waals surface area contributed by atoms with Crippen molar-refractivity contribution in [2.75, 3.05) is 46.5 Å². The van der Waals surface area contributed by atoms with E-state index in [-0.39, 0.29) is 12.5 Å². The van der Waals surface area contributed by atoms with Gasteiger partial charge in [-0.3, -0.25) is 4.79 Å². The van der Waals surface area contributed by atoms with Gasteiger partial charge in [0.05, 0.1) is 18.4 Å². The van der Waals surface area contributed by atoms with Crippen LogP contribution in [-0.2, 0) is 14.8 Å². The summed E-state index contributed by atoms with van der Waals surface area (Å²) in [6.07, 6.45) is 2.90. The first-order valence-corrected chi connectivity index (χ1v) is 8.60. The van der Waals surface area contributed by atoms with Crippen molar-refractivity contribution in [1.29, 1.82) is 0 Å². The minimum atomic E-state index is -3.36.